The SMILES string of the molecule is O=C(Nc1ccncc1)c1n[nH]c([N+](=O)[O-])c1Cl. The van der Waals surface area contributed by atoms with Crippen molar-refractivity contribution in [1.82, 2.24) is 15.2 Å². The van der Waals surface area contributed by atoms with Crippen LogP contribution in [0, 0.1) is 10.1 Å². The van der Waals surface area contributed by atoms with Crippen molar-refractivity contribution in [2.75, 3.05) is 5.32 Å². The van der Waals surface area contributed by atoms with Crippen LogP contribution in [0.2, 0.25) is 5.02 Å². The molecule has 0 saturated heterocycles. The zero-order valence-electron chi connectivity index (χ0n) is 8.75. The van der Waals surface area contributed by atoms with E-state index >= 15 is 0 Å². The number of aromatic amines is 1. The van der Waals surface area contributed by atoms with Gasteiger partial charge in [0.2, 0.25) is 0 Å². The summed E-state index contributed by atoms with van der Waals surface area (Å²) in [6.45, 7) is 0. The van der Waals surface area contributed by atoms with Crippen LogP contribution in [0.4, 0.5) is 11.5 Å². The molecule has 2 rings (SSSR count). The smallest absolute Gasteiger partial charge is 0.358 e. The molecule has 8 nitrogen and oxygen atoms in total. The van der Waals surface area contributed by atoms with E-state index in [0.29, 0.717) is 5.69 Å². The Hall–Kier alpha value is -2.48. The number of carbonyl (C=O) groups excluding carboxylic acids is 1. The summed E-state index contributed by atoms with van der Waals surface area (Å²) in [4.78, 5) is 25.3. The molecular formula is C9H6ClN5O3. The van der Waals surface area contributed by atoms with E-state index in [2.05, 4.69) is 20.5 Å². The third kappa shape index (κ3) is 2.28. The Labute approximate surface area is 105 Å². The van der Waals surface area contributed by atoms with Crippen molar-refractivity contribution in [2.24, 2.45) is 0 Å². The fourth-order valence-electron chi connectivity index (χ4n) is 1.22. The minimum Gasteiger partial charge on any atom is -0.358 e. The molecule has 2 aromatic rings. The Morgan fingerprint density at radius 1 is 1.44 bits per heavy atom. The standard InChI is InChI=1S/C9H6ClN5O3/c10-6-7(13-14-8(6)15(17)18)9(16)12-5-1-3-11-4-2-5/h1-4H,(H,13,14)(H,11,12,16). The number of amides is 1. The van der Waals surface area contributed by atoms with E-state index in [-0.39, 0.29) is 10.7 Å². The number of carbonyl (C=O) groups is 1. The number of rotatable bonds is 3. The zero-order valence-corrected chi connectivity index (χ0v) is 9.51. The molecule has 9 heteroatoms. The predicted octanol–water partition coefficient (Wildman–Crippen LogP) is 1.62. The van der Waals surface area contributed by atoms with Crippen molar-refractivity contribution >= 4 is 29.0 Å². The van der Waals surface area contributed by atoms with Gasteiger partial charge in [-0.2, -0.15) is 0 Å². The van der Waals surface area contributed by atoms with Gasteiger partial charge in [0.25, 0.3) is 5.91 Å². The molecule has 0 aliphatic heterocycles. The molecule has 0 atom stereocenters. The Bertz CT molecular complexity index is 598. The van der Waals surface area contributed by atoms with E-state index in [0.717, 1.165) is 0 Å². The van der Waals surface area contributed by atoms with Crippen LogP contribution in [0.5, 0.6) is 0 Å². The molecule has 0 aliphatic rings. The average Bonchev–Trinajstić information content (AvgIpc) is 2.72. The maximum Gasteiger partial charge on any atom is 0.362 e. The van der Waals surface area contributed by atoms with Crippen molar-refractivity contribution in [1.29, 1.82) is 0 Å². The number of nitrogens with one attached hydrogen (secondary N) is 2. The lowest BCUT2D eigenvalue weighted by atomic mass is 10.3. The van der Waals surface area contributed by atoms with Gasteiger partial charge in [0.15, 0.2) is 10.7 Å². The molecule has 2 heterocycles. The summed E-state index contributed by atoms with van der Waals surface area (Å²) in [5, 5.41) is 18.3. The van der Waals surface area contributed by atoms with Crippen LogP contribution in [-0.4, -0.2) is 26.0 Å². The van der Waals surface area contributed by atoms with Crippen molar-refractivity contribution < 1.29 is 9.72 Å². The summed E-state index contributed by atoms with van der Waals surface area (Å²) in [5.74, 6) is -1.16. The largest absolute Gasteiger partial charge is 0.362 e. The number of halogens is 1. The van der Waals surface area contributed by atoms with Gasteiger partial charge in [0, 0.05) is 18.1 Å². The highest BCUT2D eigenvalue weighted by atomic mass is 35.5. The van der Waals surface area contributed by atoms with E-state index in [4.69, 9.17) is 11.6 Å². The molecule has 0 saturated carbocycles. The summed E-state index contributed by atoms with van der Waals surface area (Å²) >= 11 is 5.67. The molecule has 0 bridgehead atoms. The molecule has 2 N–H and O–H groups in total. The van der Waals surface area contributed by atoms with Gasteiger partial charge in [-0.05, 0) is 17.1 Å². The molecule has 0 fully saturated rings. The number of anilines is 1. The van der Waals surface area contributed by atoms with E-state index < -0.39 is 16.6 Å². The Balaban J connectivity index is 2.22. The van der Waals surface area contributed by atoms with Crippen LogP contribution in [0.1, 0.15) is 10.5 Å². The second kappa shape index (κ2) is 4.80. The summed E-state index contributed by atoms with van der Waals surface area (Å²) in [5.41, 5.74) is 0.247. The van der Waals surface area contributed by atoms with Crippen molar-refractivity contribution in [3.05, 3.63) is 45.4 Å². The maximum atomic E-state index is 11.7. The molecule has 0 unspecified atom stereocenters. The number of hydrogen-bond acceptors (Lipinski definition) is 5. The fourth-order valence-corrected chi connectivity index (χ4v) is 1.46. The van der Waals surface area contributed by atoms with Crippen LogP contribution in [0.25, 0.3) is 0 Å². The van der Waals surface area contributed by atoms with Gasteiger partial charge in [0.05, 0.1) is 0 Å². The predicted molar refractivity (Wildman–Crippen MR) is 62.4 cm³/mol. The highest BCUT2D eigenvalue weighted by molar-refractivity contribution is 6.35. The fraction of sp³-hybridized carbons (Fsp3) is 0. The second-order valence-corrected chi connectivity index (χ2v) is 3.56. The third-order valence-corrected chi connectivity index (χ3v) is 2.38. The number of aromatic nitrogens is 3. The first-order valence-electron chi connectivity index (χ1n) is 4.69. The van der Waals surface area contributed by atoms with Crippen molar-refractivity contribution in [2.45, 2.75) is 0 Å². The number of hydrogen-bond donors (Lipinski definition) is 2. The van der Waals surface area contributed by atoms with Gasteiger partial charge in [-0.3, -0.25) is 9.78 Å². The minimum atomic E-state index is -0.751. The molecular weight excluding hydrogens is 262 g/mol. The Morgan fingerprint density at radius 2 is 2.11 bits per heavy atom. The first kappa shape index (κ1) is 12.0. The minimum absolute atomic E-state index is 0.236. The highest BCUT2D eigenvalue weighted by Crippen LogP contribution is 2.25. The van der Waals surface area contributed by atoms with E-state index in [1.807, 2.05) is 0 Å². The van der Waals surface area contributed by atoms with Crippen molar-refractivity contribution in [3.8, 4) is 0 Å². The molecule has 0 aromatic carbocycles. The van der Waals surface area contributed by atoms with Gasteiger partial charge in [-0.25, -0.2) is 0 Å². The number of nitrogens with zero attached hydrogens (tertiary/aromatic N) is 3. The van der Waals surface area contributed by atoms with Crippen LogP contribution < -0.4 is 5.32 Å². The zero-order chi connectivity index (χ0) is 13.1. The first-order chi connectivity index (χ1) is 8.59. The summed E-state index contributed by atoms with van der Waals surface area (Å²) in [6, 6.07) is 3.12. The van der Waals surface area contributed by atoms with Crippen LogP contribution >= 0.6 is 11.6 Å². The quantitative estimate of drug-likeness (QED) is 0.648. The van der Waals surface area contributed by atoms with Gasteiger partial charge in [-0.1, -0.05) is 16.7 Å². The highest BCUT2D eigenvalue weighted by Gasteiger charge is 2.25. The molecule has 92 valence electrons. The molecule has 1 amide bonds. The lowest BCUT2D eigenvalue weighted by molar-refractivity contribution is -0.389. The molecule has 0 aliphatic carbocycles. The summed E-state index contributed by atoms with van der Waals surface area (Å²) < 4.78 is 0. The van der Waals surface area contributed by atoms with E-state index in [1.165, 1.54) is 12.4 Å². The summed E-state index contributed by atoms with van der Waals surface area (Å²) in [7, 11) is 0. The number of H-pyrrole nitrogens is 1. The molecule has 0 spiro atoms. The van der Waals surface area contributed by atoms with Crippen molar-refractivity contribution in [3.63, 3.8) is 0 Å². The lowest BCUT2D eigenvalue weighted by Crippen LogP contribution is -2.12. The number of nitro groups is 1. The maximum absolute atomic E-state index is 11.7. The van der Waals surface area contributed by atoms with Crippen LogP contribution in [0.15, 0.2) is 24.5 Å². The third-order valence-electron chi connectivity index (χ3n) is 2.03. The van der Waals surface area contributed by atoms with Crippen LogP contribution in [0.3, 0.4) is 0 Å². The second-order valence-electron chi connectivity index (χ2n) is 3.18. The molecule has 18 heavy (non-hydrogen) atoms. The lowest BCUT2D eigenvalue weighted by Gasteiger charge is -2.01. The van der Waals surface area contributed by atoms with Gasteiger partial charge >= 0.3 is 5.82 Å². The summed E-state index contributed by atoms with van der Waals surface area (Å²) in [6.07, 6.45) is 2.98. The van der Waals surface area contributed by atoms with Gasteiger partial charge < -0.3 is 15.4 Å². The van der Waals surface area contributed by atoms with E-state index in [1.54, 1.807) is 12.1 Å². The number of pyridine rings is 1. The average molecular weight is 268 g/mol. The Morgan fingerprint density at radius 3 is 2.67 bits per heavy atom. The monoisotopic (exact) mass is 267 g/mol. The molecule has 0 radical (unpaired) electrons. The normalized spacial score (nSPS) is 10.1. The van der Waals surface area contributed by atoms with Gasteiger partial charge in [-0.15, -0.1) is 5.10 Å². The van der Waals surface area contributed by atoms with Crippen LogP contribution in [-0.2, 0) is 0 Å². The van der Waals surface area contributed by atoms with E-state index in [9.17, 15) is 14.9 Å². The topological polar surface area (TPSA) is 114 Å². The van der Waals surface area contributed by atoms with Gasteiger partial charge in [0.1, 0.15) is 0 Å². The Kier molecular flexibility index (Phi) is 3.20. The first-order valence-corrected chi connectivity index (χ1v) is 5.07. The molecule has 2 aromatic heterocycles.